The summed E-state index contributed by atoms with van der Waals surface area (Å²) in [6.07, 6.45) is 0.114. The van der Waals surface area contributed by atoms with Crippen LogP contribution in [0.15, 0.2) is 24.3 Å². The molecule has 2 amide bonds. The van der Waals surface area contributed by atoms with Crippen LogP contribution in [0.5, 0.6) is 5.75 Å². The van der Waals surface area contributed by atoms with Crippen molar-refractivity contribution in [3.05, 3.63) is 29.8 Å². The van der Waals surface area contributed by atoms with E-state index in [1.807, 2.05) is 0 Å². The normalized spacial score (nSPS) is 15.2. The van der Waals surface area contributed by atoms with E-state index < -0.39 is 17.8 Å². The molecule has 0 saturated carbocycles. The van der Waals surface area contributed by atoms with E-state index in [0.29, 0.717) is 5.06 Å². The van der Waals surface area contributed by atoms with Crippen LogP contribution in [-0.4, -0.2) is 28.0 Å². The summed E-state index contributed by atoms with van der Waals surface area (Å²) in [7, 11) is 0. The molecule has 6 nitrogen and oxygen atoms in total. The Balaban J connectivity index is 2.09. The first-order valence-corrected chi connectivity index (χ1v) is 4.95. The Labute approximate surface area is 96.4 Å². The highest BCUT2D eigenvalue weighted by Gasteiger charge is 2.33. The highest BCUT2D eigenvalue weighted by molar-refractivity contribution is 6.02. The predicted molar refractivity (Wildman–Crippen MR) is 54.6 cm³/mol. The third-order valence-corrected chi connectivity index (χ3v) is 2.28. The van der Waals surface area contributed by atoms with Gasteiger partial charge >= 0.3 is 5.97 Å². The van der Waals surface area contributed by atoms with Gasteiger partial charge < -0.3 is 9.94 Å². The van der Waals surface area contributed by atoms with Crippen molar-refractivity contribution in [1.82, 2.24) is 5.06 Å². The van der Waals surface area contributed by atoms with Crippen LogP contribution in [0.3, 0.4) is 0 Å². The zero-order valence-corrected chi connectivity index (χ0v) is 8.75. The van der Waals surface area contributed by atoms with Gasteiger partial charge in [-0.2, -0.15) is 0 Å². The Morgan fingerprint density at radius 2 is 1.65 bits per heavy atom. The number of phenolic OH excluding ortho intramolecular Hbond substituents is 1. The summed E-state index contributed by atoms with van der Waals surface area (Å²) in [5, 5.41) is 9.52. The Morgan fingerprint density at radius 1 is 1.12 bits per heavy atom. The summed E-state index contributed by atoms with van der Waals surface area (Å²) in [5.74, 6) is -1.85. The first-order valence-electron chi connectivity index (χ1n) is 4.95. The third kappa shape index (κ3) is 2.25. The molecule has 1 aliphatic rings. The van der Waals surface area contributed by atoms with Gasteiger partial charge in [-0.05, 0) is 24.3 Å². The smallest absolute Gasteiger partial charge is 0.363 e. The van der Waals surface area contributed by atoms with Crippen LogP contribution < -0.4 is 0 Å². The van der Waals surface area contributed by atoms with Gasteiger partial charge in [0.1, 0.15) is 5.75 Å². The quantitative estimate of drug-likeness (QED) is 0.759. The molecule has 6 heteroatoms. The zero-order valence-electron chi connectivity index (χ0n) is 8.75. The van der Waals surface area contributed by atoms with Crippen molar-refractivity contribution in [2.45, 2.75) is 12.8 Å². The molecule has 1 aromatic rings. The monoisotopic (exact) mass is 235 g/mol. The lowest BCUT2D eigenvalue weighted by atomic mass is 10.2. The first kappa shape index (κ1) is 11.1. The van der Waals surface area contributed by atoms with Gasteiger partial charge in [0.25, 0.3) is 11.8 Å². The maximum Gasteiger partial charge on any atom is 0.363 e. The topological polar surface area (TPSA) is 83.9 Å². The van der Waals surface area contributed by atoms with Crippen molar-refractivity contribution in [3.8, 4) is 5.75 Å². The number of aromatic hydroxyl groups is 1. The van der Waals surface area contributed by atoms with Gasteiger partial charge in [0.05, 0.1) is 5.56 Å². The predicted octanol–water partition coefficient (Wildman–Crippen LogP) is 0.613. The lowest BCUT2D eigenvalue weighted by Crippen LogP contribution is -2.32. The maximum absolute atomic E-state index is 11.6. The minimum Gasteiger partial charge on any atom is -0.508 e. The standard InChI is InChI=1S/C11H9NO5/c13-8-3-1-7(2-4-8)11(16)17-12-9(14)5-6-10(12)15/h1-4,13H,5-6H2. The van der Waals surface area contributed by atoms with Gasteiger partial charge in [0, 0.05) is 12.8 Å². The lowest BCUT2D eigenvalue weighted by molar-refractivity contribution is -0.172. The third-order valence-electron chi connectivity index (χ3n) is 2.28. The molecule has 1 heterocycles. The first-order chi connectivity index (χ1) is 8.08. The van der Waals surface area contributed by atoms with Crippen molar-refractivity contribution in [3.63, 3.8) is 0 Å². The molecule has 2 rings (SSSR count). The Bertz CT molecular complexity index is 463. The molecule has 0 aromatic heterocycles. The van der Waals surface area contributed by atoms with Gasteiger partial charge in [-0.3, -0.25) is 9.59 Å². The summed E-state index contributed by atoms with van der Waals surface area (Å²) in [6, 6.07) is 5.29. The Kier molecular flexibility index (Phi) is 2.78. The molecule has 1 N–H and O–H groups in total. The molecular formula is C11H9NO5. The fourth-order valence-corrected chi connectivity index (χ4v) is 1.39. The summed E-state index contributed by atoms with van der Waals surface area (Å²) in [6.45, 7) is 0. The van der Waals surface area contributed by atoms with Crippen LogP contribution in [0.2, 0.25) is 0 Å². The van der Waals surface area contributed by atoms with Crippen LogP contribution in [0.4, 0.5) is 0 Å². The molecule has 1 saturated heterocycles. The van der Waals surface area contributed by atoms with Crippen molar-refractivity contribution in [2.24, 2.45) is 0 Å². The van der Waals surface area contributed by atoms with E-state index in [1.54, 1.807) is 0 Å². The molecule has 0 radical (unpaired) electrons. The molecule has 0 aliphatic carbocycles. The summed E-state index contributed by atoms with van der Waals surface area (Å²) >= 11 is 0. The molecule has 17 heavy (non-hydrogen) atoms. The summed E-state index contributed by atoms with van der Waals surface area (Å²) in [4.78, 5) is 38.6. The van der Waals surface area contributed by atoms with Crippen molar-refractivity contribution in [1.29, 1.82) is 0 Å². The second-order valence-electron chi connectivity index (χ2n) is 3.51. The fourth-order valence-electron chi connectivity index (χ4n) is 1.39. The van der Waals surface area contributed by atoms with Gasteiger partial charge in [-0.15, -0.1) is 5.06 Å². The molecule has 0 bridgehead atoms. The number of carbonyl (C=O) groups excluding carboxylic acids is 3. The highest BCUT2D eigenvalue weighted by atomic mass is 16.7. The van der Waals surface area contributed by atoms with Gasteiger partial charge in [-0.25, -0.2) is 4.79 Å². The number of phenols is 1. The highest BCUT2D eigenvalue weighted by Crippen LogP contribution is 2.15. The van der Waals surface area contributed by atoms with E-state index in [-0.39, 0.29) is 24.2 Å². The second-order valence-corrected chi connectivity index (χ2v) is 3.51. The van der Waals surface area contributed by atoms with Crippen LogP contribution in [0, 0.1) is 0 Å². The molecule has 1 aliphatic heterocycles. The van der Waals surface area contributed by atoms with Crippen molar-refractivity contribution < 1.29 is 24.3 Å². The average Bonchev–Trinajstić information content (AvgIpc) is 2.61. The molecule has 1 fully saturated rings. The van der Waals surface area contributed by atoms with E-state index in [2.05, 4.69) is 4.84 Å². The van der Waals surface area contributed by atoms with E-state index in [4.69, 9.17) is 5.11 Å². The van der Waals surface area contributed by atoms with E-state index >= 15 is 0 Å². The molecule has 0 spiro atoms. The number of benzene rings is 1. The lowest BCUT2D eigenvalue weighted by Gasteiger charge is -2.12. The number of rotatable bonds is 2. The summed E-state index contributed by atoms with van der Waals surface area (Å²) < 4.78 is 0. The maximum atomic E-state index is 11.6. The molecule has 88 valence electrons. The second kappa shape index (κ2) is 4.25. The van der Waals surface area contributed by atoms with Crippen molar-refractivity contribution in [2.75, 3.05) is 0 Å². The van der Waals surface area contributed by atoms with Crippen LogP contribution in [0.25, 0.3) is 0 Å². The minimum atomic E-state index is -0.811. The van der Waals surface area contributed by atoms with Crippen molar-refractivity contribution >= 4 is 17.8 Å². The number of carbonyl (C=O) groups is 3. The van der Waals surface area contributed by atoms with E-state index in [9.17, 15) is 14.4 Å². The zero-order chi connectivity index (χ0) is 12.4. The number of hydrogen-bond donors (Lipinski definition) is 1. The molecule has 1 aromatic carbocycles. The van der Waals surface area contributed by atoms with Gasteiger partial charge in [0.15, 0.2) is 0 Å². The minimum absolute atomic E-state index is 0.00914. The summed E-state index contributed by atoms with van der Waals surface area (Å²) in [5.41, 5.74) is 0.148. The SMILES string of the molecule is O=C(ON1C(=O)CCC1=O)c1ccc(O)cc1. The number of nitrogens with zero attached hydrogens (tertiary/aromatic N) is 1. The Morgan fingerprint density at radius 3 is 2.18 bits per heavy atom. The fraction of sp³-hybridized carbons (Fsp3) is 0.182. The van der Waals surface area contributed by atoms with Crippen LogP contribution in [0.1, 0.15) is 23.2 Å². The number of amides is 2. The average molecular weight is 235 g/mol. The van der Waals surface area contributed by atoms with E-state index in [1.165, 1.54) is 24.3 Å². The van der Waals surface area contributed by atoms with Crippen LogP contribution >= 0.6 is 0 Å². The number of hydroxylamine groups is 2. The number of imide groups is 1. The number of hydrogen-bond acceptors (Lipinski definition) is 5. The Hall–Kier alpha value is -2.37. The largest absolute Gasteiger partial charge is 0.508 e. The van der Waals surface area contributed by atoms with Crippen LogP contribution in [-0.2, 0) is 14.4 Å². The van der Waals surface area contributed by atoms with E-state index in [0.717, 1.165) is 0 Å². The molecule has 0 atom stereocenters. The molecule has 0 unspecified atom stereocenters. The molecular weight excluding hydrogens is 226 g/mol. The van der Waals surface area contributed by atoms with Gasteiger partial charge in [0.2, 0.25) is 0 Å². The van der Waals surface area contributed by atoms with Gasteiger partial charge in [-0.1, -0.05) is 0 Å².